The average molecular weight is 468 g/mol. The topological polar surface area (TPSA) is 38.2 Å². The summed E-state index contributed by atoms with van der Waals surface area (Å²) in [5.41, 5.74) is 4.57. The van der Waals surface area contributed by atoms with Crippen LogP contribution in [0.4, 0.5) is 5.82 Å². The highest BCUT2D eigenvalue weighted by Gasteiger charge is 2.26. The predicted octanol–water partition coefficient (Wildman–Crippen LogP) is 7.23. The van der Waals surface area contributed by atoms with E-state index >= 15 is 0 Å². The summed E-state index contributed by atoms with van der Waals surface area (Å²) in [5, 5.41) is 1.08. The minimum Gasteiger partial charge on any atom is -0.373 e. The Kier molecular flexibility index (Phi) is 8.49. The Labute approximate surface area is 210 Å². The van der Waals surface area contributed by atoms with Crippen molar-refractivity contribution in [3.05, 3.63) is 96.9 Å². The van der Waals surface area contributed by atoms with Crippen LogP contribution in [0, 0.1) is 11.8 Å². The molecule has 0 amide bonds. The van der Waals surface area contributed by atoms with Gasteiger partial charge in [0.05, 0.1) is 18.7 Å². The molecule has 2 aromatic carbocycles. The lowest BCUT2D eigenvalue weighted by atomic mass is 9.75. The lowest BCUT2D eigenvalue weighted by molar-refractivity contribution is 0.148. The van der Waals surface area contributed by atoms with E-state index in [1.165, 1.54) is 11.1 Å². The third-order valence-electron chi connectivity index (χ3n) is 6.96. The van der Waals surface area contributed by atoms with E-state index in [2.05, 4.69) is 54.5 Å². The van der Waals surface area contributed by atoms with Gasteiger partial charge in [-0.2, -0.15) is 0 Å². The highest BCUT2D eigenvalue weighted by Crippen LogP contribution is 2.39. The molecule has 4 rings (SSSR count). The highest BCUT2D eigenvalue weighted by molar-refractivity contribution is 5.90. The van der Waals surface area contributed by atoms with Crippen molar-refractivity contribution in [1.29, 1.82) is 0 Å². The molecule has 3 aromatic rings. The summed E-state index contributed by atoms with van der Waals surface area (Å²) >= 11 is 0. The van der Waals surface area contributed by atoms with Gasteiger partial charge in [-0.05, 0) is 67.2 Å². The van der Waals surface area contributed by atoms with Gasteiger partial charge in [0, 0.05) is 19.5 Å². The Balaban J connectivity index is 1.26. The lowest BCUT2D eigenvalue weighted by Crippen LogP contribution is -2.18. The summed E-state index contributed by atoms with van der Waals surface area (Å²) in [5.74, 6) is 2.74. The Hall–Kier alpha value is -3.24. The maximum atomic E-state index is 5.74. The zero-order chi connectivity index (χ0) is 24.6. The lowest BCUT2D eigenvalue weighted by Gasteiger charge is -2.30. The average Bonchev–Trinajstić information content (AvgIpc) is 2.90. The molecular formula is C31H37N3O. The molecular weight excluding hydrogens is 430 g/mol. The normalized spacial score (nSPS) is 18.1. The molecule has 1 aliphatic rings. The molecule has 1 fully saturated rings. The Morgan fingerprint density at radius 3 is 2.34 bits per heavy atom. The number of hydrogen-bond acceptors (Lipinski definition) is 4. The van der Waals surface area contributed by atoms with Crippen LogP contribution in [0.1, 0.15) is 43.5 Å². The zero-order valence-electron chi connectivity index (χ0n) is 21.1. The summed E-state index contributed by atoms with van der Waals surface area (Å²) in [7, 11) is 4.06. The number of anilines is 1. The van der Waals surface area contributed by atoms with E-state index in [1.807, 2.05) is 44.4 Å². The van der Waals surface area contributed by atoms with Crippen molar-refractivity contribution < 1.29 is 4.74 Å². The third-order valence-corrected chi connectivity index (χ3v) is 6.96. The van der Waals surface area contributed by atoms with Crippen molar-refractivity contribution in [1.82, 2.24) is 9.97 Å². The van der Waals surface area contributed by atoms with Crippen LogP contribution in [0.15, 0.2) is 85.5 Å². The molecule has 182 valence electrons. The molecule has 0 unspecified atom stereocenters. The third kappa shape index (κ3) is 6.46. The van der Waals surface area contributed by atoms with Crippen LogP contribution >= 0.6 is 0 Å². The number of benzene rings is 2. The Morgan fingerprint density at radius 2 is 1.60 bits per heavy atom. The molecule has 0 saturated heterocycles. The number of allylic oxidation sites excluding steroid dienone is 3. The maximum Gasteiger partial charge on any atom is 0.157 e. The van der Waals surface area contributed by atoms with E-state index in [1.54, 1.807) is 0 Å². The molecule has 1 aliphatic carbocycles. The second-order valence-electron chi connectivity index (χ2n) is 9.69. The van der Waals surface area contributed by atoms with Crippen molar-refractivity contribution in [2.45, 2.75) is 38.7 Å². The first-order valence-electron chi connectivity index (χ1n) is 12.6. The van der Waals surface area contributed by atoms with Gasteiger partial charge < -0.3 is 9.64 Å². The van der Waals surface area contributed by atoms with Crippen LogP contribution in [0.2, 0.25) is 0 Å². The molecule has 1 heterocycles. The first-order chi connectivity index (χ1) is 17.0. The van der Waals surface area contributed by atoms with E-state index in [4.69, 9.17) is 14.7 Å². The van der Waals surface area contributed by atoms with Gasteiger partial charge in [-0.3, -0.25) is 0 Å². The molecule has 0 radical (unpaired) electrons. The van der Waals surface area contributed by atoms with Crippen LogP contribution in [0.5, 0.6) is 0 Å². The minimum absolute atomic E-state index is 0.428. The monoisotopic (exact) mass is 467 g/mol. The quantitative estimate of drug-likeness (QED) is 0.233. The molecule has 35 heavy (non-hydrogen) atoms. The van der Waals surface area contributed by atoms with Crippen molar-refractivity contribution in [3.8, 4) is 0 Å². The van der Waals surface area contributed by atoms with Gasteiger partial charge in [0.2, 0.25) is 0 Å². The van der Waals surface area contributed by atoms with Gasteiger partial charge in [-0.25, -0.2) is 9.97 Å². The van der Waals surface area contributed by atoms with E-state index in [0.29, 0.717) is 25.0 Å². The maximum absolute atomic E-state index is 5.74. The number of para-hydroxylation sites is 1. The van der Waals surface area contributed by atoms with Crippen LogP contribution in [-0.2, 0) is 11.3 Å². The fourth-order valence-corrected chi connectivity index (χ4v) is 4.87. The first kappa shape index (κ1) is 24.9. The summed E-state index contributed by atoms with van der Waals surface area (Å²) in [4.78, 5) is 11.8. The largest absolute Gasteiger partial charge is 0.373 e. The summed E-state index contributed by atoms with van der Waals surface area (Å²) in [6, 6.07) is 18.5. The molecule has 1 aromatic heterocycles. The van der Waals surface area contributed by atoms with Crippen LogP contribution in [0.25, 0.3) is 16.5 Å². The highest BCUT2D eigenvalue weighted by atomic mass is 16.5. The number of ether oxygens (including phenoxy) is 1. The van der Waals surface area contributed by atoms with Crippen LogP contribution < -0.4 is 4.90 Å². The van der Waals surface area contributed by atoms with Crippen molar-refractivity contribution in [3.63, 3.8) is 0 Å². The van der Waals surface area contributed by atoms with Gasteiger partial charge in [0.25, 0.3) is 0 Å². The molecule has 1 saturated carbocycles. The molecule has 0 N–H and O–H groups in total. The molecule has 4 heteroatoms. The van der Waals surface area contributed by atoms with Gasteiger partial charge in [-0.15, -0.1) is 0 Å². The molecule has 4 nitrogen and oxygen atoms in total. The zero-order valence-corrected chi connectivity index (χ0v) is 21.1. The second kappa shape index (κ2) is 11.9. The van der Waals surface area contributed by atoms with Gasteiger partial charge >= 0.3 is 0 Å². The van der Waals surface area contributed by atoms with Crippen LogP contribution in [-0.4, -0.2) is 30.7 Å². The predicted molar refractivity (Wildman–Crippen MR) is 147 cm³/mol. The molecule has 0 atom stereocenters. The fraction of sp³-hybridized carbons (Fsp3) is 0.355. The number of nitrogens with zero attached hydrogens (tertiary/aromatic N) is 3. The van der Waals surface area contributed by atoms with E-state index in [9.17, 15) is 0 Å². The van der Waals surface area contributed by atoms with Gasteiger partial charge in [0.1, 0.15) is 5.82 Å². The van der Waals surface area contributed by atoms with Gasteiger partial charge in [0.15, 0.2) is 5.82 Å². The van der Waals surface area contributed by atoms with Gasteiger partial charge in [-0.1, -0.05) is 73.3 Å². The Morgan fingerprint density at radius 1 is 0.914 bits per heavy atom. The Bertz CT molecular complexity index is 1170. The molecule has 0 spiro atoms. The van der Waals surface area contributed by atoms with E-state index < -0.39 is 0 Å². The summed E-state index contributed by atoms with van der Waals surface area (Å²) < 4.78 is 5.74. The van der Waals surface area contributed by atoms with Crippen LogP contribution in [0.3, 0.4) is 0 Å². The minimum atomic E-state index is 0.428. The number of aromatic nitrogens is 2. The summed E-state index contributed by atoms with van der Waals surface area (Å²) in [6.07, 6.45) is 9.75. The van der Waals surface area contributed by atoms with Crippen molar-refractivity contribution >= 4 is 22.3 Å². The second-order valence-corrected chi connectivity index (χ2v) is 9.69. The number of rotatable bonds is 10. The van der Waals surface area contributed by atoms with Crippen molar-refractivity contribution in [2.24, 2.45) is 11.8 Å². The standard InChI is InChI=1S/C31H37N3O/c1-23(12-10-11-21-35-22-25-13-6-5-7-14-25)26-17-19-27(20-18-26)24(2)30-32-29-16-9-8-15-28(29)31(33-30)34(3)4/h5-11,13-16,26-27H,1-2,12,17-22H2,3-4H3/b11-10+. The number of hydrogen-bond donors (Lipinski definition) is 0. The SMILES string of the molecule is C=C(C/C=C/COCc1ccccc1)C1CCC(C(=C)c2nc(N(C)C)c3ccccc3n2)CC1. The number of fused-ring (bicyclic) bond motifs is 1. The molecule has 0 bridgehead atoms. The van der Waals surface area contributed by atoms with E-state index in [0.717, 1.165) is 60.2 Å². The smallest absolute Gasteiger partial charge is 0.157 e. The summed E-state index contributed by atoms with van der Waals surface area (Å²) in [6.45, 7) is 10.1. The van der Waals surface area contributed by atoms with E-state index in [-0.39, 0.29) is 0 Å². The first-order valence-corrected chi connectivity index (χ1v) is 12.6. The molecule has 0 aliphatic heterocycles. The van der Waals surface area contributed by atoms with Crippen molar-refractivity contribution in [2.75, 3.05) is 25.6 Å². The fourth-order valence-electron chi connectivity index (χ4n) is 4.87.